The summed E-state index contributed by atoms with van der Waals surface area (Å²) in [5.41, 5.74) is 1.31. The number of hydrogen-bond acceptors (Lipinski definition) is 2. The monoisotopic (exact) mass is 298 g/mol. The van der Waals surface area contributed by atoms with Crippen molar-refractivity contribution in [2.24, 2.45) is 0 Å². The number of carbonyl (C=O) groups is 1. The number of nitrogens with one attached hydrogen (secondary N) is 2. The Labute approximate surface area is 111 Å². The maximum absolute atomic E-state index is 10.7. The lowest BCUT2D eigenvalue weighted by molar-refractivity contribution is -0.118. The first-order chi connectivity index (χ1) is 8.08. The van der Waals surface area contributed by atoms with Crippen LogP contribution in [0.5, 0.6) is 0 Å². The highest BCUT2D eigenvalue weighted by molar-refractivity contribution is 9.10. The molecule has 0 aliphatic carbocycles. The minimum atomic E-state index is 0.0207. The molecular weight excluding hydrogens is 280 g/mol. The van der Waals surface area contributed by atoms with Crippen LogP contribution in [0.25, 0.3) is 0 Å². The van der Waals surface area contributed by atoms with Gasteiger partial charge in [0.25, 0.3) is 0 Å². The summed E-state index contributed by atoms with van der Waals surface area (Å²) in [5.74, 6) is 0.0207. The van der Waals surface area contributed by atoms with Crippen LogP contribution in [0.2, 0.25) is 0 Å². The van der Waals surface area contributed by atoms with Crippen molar-refractivity contribution in [2.45, 2.75) is 26.3 Å². The molecule has 0 aromatic heterocycles. The summed E-state index contributed by atoms with van der Waals surface area (Å²) < 4.78 is 1.10. The van der Waals surface area contributed by atoms with E-state index in [0.717, 1.165) is 17.4 Å². The highest BCUT2D eigenvalue weighted by atomic mass is 79.9. The van der Waals surface area contributed by atoms with Crippen LogP contribution in [0.1, 0.15) is 19.4 Å². The van der Waals surface area contributed by atoms with Crippen molar-refractivity contribution in [3.63, 3.8) is 0 Å². The SMILES string of the molecule is CC(=O)NCCNC(C)Cc1ccc(Br)cc1. The van der Waals surface area contributed by atoms with Crippen molar-refractivity contribution in [1.82, 2.24) is 10.6 Å². The number of halogens is 1. The summed E-state index contributed by atoms with van der Waals surface area (Å²) in [6.07, 6.45) is 0.993. The third kappa shape index (κ3) is 6.44. The second kappa shape index (κ2) is 7.45. The number of benzene rings is 1. The molecule has 0 saturated carbocycles. The lowest BCUT2D eigenvalue weighted by Gasteiger charge is -2.14. The second-order valence-electron chi connectivity index (χ2n) is 4.17. The molecule has 0 bridgehead atoms. The minimum Gasteiger partial charge on any atom is -0.355 e. The predicted octanol–water partition coefficient (Wildman–Crippen LogP) is 2.11. The smallest absolute Gasteiger partial charge is 0.216 e. The molecule has 1 aromatic carbocycles. The zero-order valence-corrected chi connectivity index (χ0v) is 11.9. The van der Waals surface area contributed by atoms with Gasteiger partial charge in [-0.1, -0.05) is 28.1 Å². The topological polar surface area (TPSA) is 41.1 Å². The van der Waals surface area contributed by atoms with Gasteiger partial charge in [-0.3, -0.25) is 4.79 Å². The van der Waals surface area contributed by atoms with Crippen LogP contribution in [0.4, 0.5) is 0 Å². The highest BCUT2D eigenvalue weighted by Crippen LogP contribution is 2.11. The van der Waals surface area contributed by atoms with Crippen LogP contribution >= 0.6 is 15.9 Å². The fourth-order valence-corrected chi connectivity index (χ4v) is 1.87. The molecule has 3 nitrogen and oxygen atoms in total. The van der Waals surface area contributed by atoms with Gasteiger partial charge in [-0.05, 0) is 31.0 Å². The molecule has 0 saturated heterocycles. The molecule has 4 heteroatoms. The molecule has 0 aliphatic rings. The summed E-state index contributed by atoms with van der Waals surface area (Å²) in [6.45, 7) is 5.17. The Morgan fingerprint density at radius 1 is 1.29 bits per heavy atom. The fourth-order valence-electron chi connectivity index (χ4n) is 1.60. The van der Waals surface area contributed by atoms with Crippen molar-refractivity contribution in [3.05, 3.63) is 34.3 Å². The van der Waals surface area contributed by atoms with E-state index >= 15 is 0 Å². The van der Waals surface area contributed by atoms with Crippen LogP contribution in [-0.4, -0.2) is 25.0 Å². The van der Waals surface area contributed by atoms with Gasteiger partial charge in [-0.2, -0.15) is 0 Å². The Bertz CT molecular complexity index is 351. The van der Waals surface area contributed by atoms with Gasteiger partial charge in [0, 0.05) is 30.5 Å². The maximum Gasteiger partial charge on any atom is 0.216 e. The van der Waals surface area contributed by atoms with Gasteiger partial charge < -0.3 is 10.6 Å². The summed E-state index contributed by atoms with van der Waals surface area (Å²) >= 11 is 3.42. The summed E-state index contributed by atoms with van der Waals surface area (Å²) in [5, 5.41) is 6.14. The van der Waals surface area contributed by atoms with E-state index in [1.54, 1.807) is 0 Å². The van der Waals surface area contributed by atoms with E-state index in [0.29, 0.717) is 12.6 Å². The van der Waals surface area contributed by atoms with Crippen LogP contribution in [-0.2, 0) is 11.2 Å². The van der Waals surface area contributed by atoms with E-state index in [1.807, 2.05) is 0 Å². The Balaban J connectivity index is 2.22. The average molecular weight is 299 g/mol. The Morgan fingerprint density at radius 3 is 2.53 bits per heavy atom. The molecule has 1 unspecified atom stereocenters. The molecule has 17 heavy (non-hydrogen) atoms. The normalized spacial score (nSPS) is 12.2. The van der Waals surface area contributed by atoms with Crippen LogP contribution in [0.3, 0.4) is 0 Å². The molecule has 94 valence electrons. The number of amides is 1. The van der Waals surface area contributed by atoms with Gasteiger partial charge in [0.15, 0.2) is 0 Å². The third-order valence-corrected chi connectivity index (χ3v) is 2.98. The van der Waals surface area contributed by atoms with Gasteiger partial charge >= 0.3 is 0 Å². The first-order valence-corrected chi connectivity index (χ1v) is 6.59. The zero-order valence-electron chi connectivity index (χ0n) is 10.3. The van der Waals surface area contributed by atoms with E-state index in [2.05, 4.69) is 57.8 Å². The number of rotatable bonds is 6. The molecule has 2 N–H and O–H groups in total. The van der Waals surface area contributed by atoms with E-state index in [4.69, 9.17) is 0 Å². The molecule has 1 aromatic rings. The van der Waals surface area contributed by atoms with Crippen molar-refractivity contribution in [3.8, 4) is 0 Å². The van der Waals surface area contributed by atoms with Crippen molar-refractivity contribution < 1.29 is 4.79 Å². The average Bonchev–Trinajstić information content (AvgIpc) is 2.27. The van der Waals surface area contributed by atoms with Gasteiger partial charge in [-0.25, -0.2) is 0 Å². The van der Waals surface area contributed by atoms with E-state index in [-0.39, 0.29) is 5.91 Å². The molecule has 0 heterocycles. The van der Waals surface area contributed by atoms with Crippen LogP contribution < -0.4 is 10.6 Å². The standard InChI is InChI=1S/C13H19BrN2O/c1-10(15-7-8-16-11(2)17)9-12-3-5-13(14)6-4-12/h3-6,10,15H,7-9H2,1-2H3,(H,16,17). The van der Waals surface area contributed by atoms with Gasteiger partial charge in [0.1, 0.15) is 0 Å². The van der Waals surface area contributed by atoms with E-state index in [1.165, 1.54) is 12.5 Å². The highest BCUT2D eigenvalue weighted by Gasteiger charge is 2.02. The Morgan fingerprint density at radius 2 is 1.94 bits per heavy atom. The summed E-state index contributed by atoms with van der Waals surface area (Å²) in [6, 6.07) is 8.76. The zero-order chi connectivity index (χ0) is 12.7. The predicted molar refractivity (Wildman–Crippen MR) is 74.0 cm³/mol. The Hall–Kier alpha value is -0.870. The Kier molecular flexibility index (Phi) is 6.22. The molecule has 1 rings (SSSR count). The number of carbonyl (C=O) groups excluding carboxylic acids is 1. The van der Waals surface area contributed by atoms with Gasteiger partial charge in [0.2, 0.25) is 5.91 Å². The molecule has 0 aliphatic heterocycles. The largest absolute Gasteiger partial charge is 0.355 e. The quantitative estimate of drug-likeness (QED) is 0.790. The molecule has 1 amide bonds. The first-order valence-electron chi connectivity index (χ1n) is 5.80. The molecular formula is C13H19BrN2O. The minimum absolute atomic E-state index is 0.0207. The lowest BCUT2D eigenvalue weighted by Crippen LogP contribution is -2.35. The molecule has 1 atom stereocenters. The lowest BCUT2D eigenvalue weighted by atomic mass is 10.1. The third-order valence-electron chi connectivity index (χ3n) is 2.45. The number of hydrogen-bond donors (Lipinski definition) is 2. The fraction of sp³-hybridized carbons (Fsp3) is 0.462. The maximum atomic E-state index is 10.7. The van der Waals surface area contributed by atoms with E-state index < -0.39 is 0 Å². The summed E-state index contributed by atoms with van der Waals surface area (Å²) in [4.78, 5) is 10.7. The van der Waals surface area contributed by atoms with Gasteiger partial charge in [-0.15, -0.1) is 0 Å². The molecule has 0 radical (unpaired) electrons. The van der Waals surface area contributed by atoms with Crippen LogP contribution in [0, 0.1) is 0 Å². The van der Waals surface area contributed by atoms with Crippen molar-refractivity contribution >= 4 is 21.8 Å². The van der Waals surface area contributed by atoms with Gasteiger partial charge in [0.05, 0.1) is 0 Å². The summed E-state index contributed by atoms with van der Waals surface area (Å²) in [7, 11) is 0. The molecule has 0 spiro atoms. The van der Waals surface area contributed by atoms with E-state index in [9.17, 15) is 4.79 Å². The van der Waals surface area contributed by atoms with Crippen molar-refractivity contribution in [1.29, 1.82) is 0 Å². The van der Waals surface area contributed by atoms with Crippen molar-refractivity contribution in [2.75, 3.05) is 13.1 Å². The molecule has 0 fully saturated rings. The first kappa shape index (κ1) is 14.2. The van der Waals surface area contributed by atoms with Crippen LogP contribution in [0.15, 0.2) is 28.7 Å². The second-order valence-corrected chi connectivity index (χ2v) is 5.08.